The maximum atomic E-state index is 13.7. The summed E-state index contributed by atoms with van der Waals surface area (Å²) >= 11 is 0. The van der Waals surface area contributed by atoms with Gasteiger partial charge in [0.2, 0.25) is 15.9 Å². The summed E-state index contributed by atoms with van der Waals surface area (Å²) in [6, 6.07) is 9.11. The van der Waals surface area contributed by atoms with Crippen LogP contribution in [0.4, 0.5) is 10.2 Å². The van der Waals surface area contributed by atoms with Crippen molar-refractivity contribution in [3.05, 3.63) is 72.4 Å². The number of anilines is 1. The topological polar surface area (TPSA) is 106 Å². The van der Waals surface area contributed by atoms with Crippen LogP contribution in [-0.4, -0.2) is 35.1 Å². The van der Waals surface area contributed by atoms with Crippen LogP contribution in [0.1, 0.15) is 12.5 Å². The van der Waals surface area contributed by atoms with E-state index in [2.05, 4.69) is 20.1 Å². The number of carbonyl (C=O) groups is 1. The normalized spacial score (nSPS) is 12.5. The van der Waals surface area contributed by atoms with Gasteiger partial charge in [-0.3, -0.25) is 14.5 Å². The first-order valence-electron chi connectivity index (χ1n) is 8.35. The first-order valence-corrected chi connectivity index (χ1v) is 9.83. The molecule has 0 spiro atoms. The summed E-state index contributed by atoms with van der Waals surface area (Å²) in [5, 5.41) is 6.76. The zero-order chi connectivity index (χ0) is 20.1. The van der Waals surface area contributed by atoms with Gasteiger partial charge in [0, 0.05) is 24.7 Å². The van der Waals surface area contributed by atoms with Crippen LogP contribution in [0.15, 0.2) is 66.0 Å². The summed E-state index contributed by atoms with van der Waals surface area (Å²) in [5.41, 5.74) is 0.988. The largest absolute Gasteiger partial charge is 0.308 e. The Balaban J connectivity index is 1.62. The molecule has 0 aliphatic carbocycles. The molecule has 0 saturated heterocycles. The zero-order valence-corrected chi connectivity index (χ0v) is 15.7. The van der Waals surface area contributed by atoms with Crippen LogP contribution in [0.25, 0.3) is 0 Å². The molecule has 8 nitrogen and oxygen atoms in total. The van der Waals surface area contributed by atoms with Gasteiger partial charge in [0.15, 0.2) is 5.82 Å². The second kappa shape index (κ2) is 8.28. The molecule has 0 unspecified atom stereocenters. The minimum atomic E-state index is -4.18. The van der Waals surface area contributed by atoms with Crippen molar-refractivity contribution in [3.8, 4) is 0 Å². The van der Waals surface area contributed by atoms with Gasteiger partial charge in [-0.15, -0.1) is 0 Å². The fourth-order valence-corrected chi connectivity index (χ4v) is 3.72. The molecule has 2 N–H and O–H groups in total. The van der Waals surface area contributed by atoms with Crippen LogP contribution in [0.2, 0.25) is 0 Å². The lowest BCUT2D eigenvalue weighted by molar-refractivity contribution is -0.117. The van der Waals surface area contributed by atoms with Crippen LogP contribution in [-0.2, 0) is 21.4 Å². The molecule has 146 valence electrons. The molecule has 10 heteroatoms. The maximum Gasteiger partial charge on any atom is 0.244 e. The molecule has 3 rings (SSSR count). The van der Waals surface area contributed by atoms with Crippen LogP contribution < -0.4 is 10.0 Å². The Hall–Kier alpha value is -3.11. The minimum Gasteiger partial charge on any atom is -0.308 e. The number of halogens is 1. The van der Waals surface area contributed by atoms with Crippen LogP contribution in [0, 0.1) is 5.82 Å². The van der Waals surface area contributed by atoms with Crippen molar-refractivity contribution in [3.63, 3.8) is 0 Å². The smallest absolute Gasteiger partial charge is 0.244 e. The van der Waals surface area contributed by atoms with Gasteiger partial charge in [-0.1, -0.05) is 12.1 Å². The van der Waals surface area contributed by atoms with E-state index in [1.165, 1.54) is 19.1 Å². The molecule has 1 aromatic carbocycles. The quantitative estimate of drug-likeness (QED) is 0.625. The Bertz CT molecular complexity index is 1070. The van der Waals surface area contributed by atoms with Crippen LogP contribution >= 0.6 is 0 Å². The number of benzene rings is 1. The zero-order valence-electron chi connectivity index (χ0n) is 14.9. The third kappa shape index (κ3) is 4.78. The Morgan fingerprint density at radius 2 is 1.89 bits per heavy atom. The third-order valence-electron chi connectivity index (χ3n) is 3.84. The van der Waals surface area contributed by atoms with E-state index < -0.39 is 32.7 Å². The highest BCUT2D eigenvalue weighted by Crippen LogP contribution is 2.14. The predicted molar refractivity (Wildman–Crippen MR) is 100 cm³/mol. The molecule has 0 saturated carbocycles. The first kappa shape index (κ1) is 19.6. The van der Waals surface area contributed by atoms with Gasteiger partial charge in [0.1, 0.15) is 10.7 Å². The van der Waals surface area contributed by atoms with E-state index in [1.54, 1.807) is 29.3 Å². The number of hydrogen-bond acceptors (Lipinski definition) is 5. The van der Waals surface area contributed by atoms with Crippen LogP contribution in [0.3, 0.4) is 0 Å². The molecule has 0 bridgehead atoms. The van der Waals surface area contributed by atoms with Gasteiger partial charge >= 0.3 is 0 Å². The van der Waals surface area contributed by atoms with Crippen molar-refractivity contribution in [2.24, 2.45) is 0 Å². The maximum absolute atomic E-state index is 13.7. The lowest BCUT2D eigenvalue weighted by atomic mass is 10.3. The number of sulfonamides is 1. The standard InChI is InChI=1S/C18H18FN5O3S/c1-13(23-28(26,27)16-5-3-2-4-15(16)19)18(25)21-17-8-11-24(22-17)12-14-6-9-20-10-7-14/h2-11,13,23H,12H2,1H3,(H,21,22,25)/t13-/m0/s1. The lowest BCUT2D eigenvalue weighted by Crippen LogP contribution is -2.41. The van der Waals surface area contributed by atoms with E-state index in [4.69, 9.17) is 0 Å². The minimum absolute atomic E-state index is 0.274. The van der Waals surface area contributed by atoms with E-state index >= 15 is 0 Å². The molecule has 1 amide bonds. The van der Waals surface area contributed by atoms with Crippen molar-refractivity contribution >= 4 is 21.7 Å². The molecular formula is C18H18FN5O3S. The Morgan fingerprint density at radius 3 is 2.61 bits per heavy atom. The molecule has 2 aromatic heterocycles. The summed E-state index contributed by atoms with van der Waals surface area (Å²) in [7, 11) is -4.18. The summed E-state index contributed by atoms with van der Waals surface area (Å²) in [6.07, 6.45) is 5.03. The molecule has 3 aromatic rings. The predicted octanol–water partition coefficient (Wildman–Crippen LogP) is 1.77. The molecule has 1 atom stereocenters. The summed E-state index contributed by atoms with van der Waals surface area (Å²) in [4.78, 5) is 15.7. The summed E-state index contributed by atoms with van der Waals surface area (Å²) in [6.45, 7) is 1.86. The van der Waals surface area contributed by atoms with Gasteiger partial charge in [-0.05, 0) is 36.8 Å². The second-order valence-corrected chi connectivity index (χ2v) is 7.70. The summed E-state index contributed by atoms with van der Waals surface area (Å²) < 4.78 is 42.1. The average Bonchev–Trinajstić information content (AvgIpc) is 3.09. The highest BCUT2D eigenvalue weighted by molar-refractivity contribution is 7.89. The van der Waals surface area contributed by atoms with Crippen molar-refractivity contribution in [2.45, 2.75) is 24.4 Å². The van der Waals surface area contributed by atoms with Crippen molar-refractivity contribution < 1.29 is 17.6 Å². The highest BCUT2D eigenvalue weighted by Gasteiger charge is 2.24. The van der Waals surface area contributed by atoms with E-state index in [9.17, 15) is 17.6 Å². The van der Waals surface area contributed by atoms with Gasteiger partial charge in [-0.2, -0.15) is 9.82 Å². The molecular weight excluding hydrogens is 385 g/mol. The van der Waals surface area contributed by atoms with Gasteiger partial charge < -0.3 is 5.32 Å². The Kier molecular flexibility index (Phi) is 5.81. The number of nitrogens with one attached hydrogen (secondary N) is 2. The number of amides is 1. The lowest BCUT2D eigenvalue weighted by Gasteiger charge is -2.14. The Morgan fingerprint density at radius 1 is 1.18 bits per heavy atom. The second-order valence-electron chi connectivity index (χ2n) is 6.02. The Labute approximate surface area is 161 Å². The van der Waals surface area contributed by atoms with E-state index in [0.717, 1.165) is 17.7 Å². The molecule has 0 radical (unpaired) electrons. The fourth-order valence-electron chi connectivity index (χ4n) is 2.44. The van der Waals surface area contributed by atoms with Gasteiger partial charge in [-0.25, -0.2) is 12.8 Å². The summed E-state index contributed by atoms with van der Waals surface area (Å²) in [5.74, 6) is -1.23. The van der Waals surface area contributed by atoms with Crippen molar-refractivity contribution in [2.75, 3.05) is 5.32 Å². The van der Waals surface area contributed by atoms with Crippen molar-refractivity contribution in [1.82, 2.24) is 19.5 Å². The van der Waals surface area contributed by atoms with E-state index in [1.807, 2.05) is 12.1 Å². The molecule has 0 fully saturated rings. The average molecular weight is 403 g/mol. The number of rotatable bonds is 7. The van der Waals surface area contributed by atoms with Gasteiger partial charge in [0.05, 0.1) is 12.6 Å². The molecule has 2 heterocycles. The first-order chi connectivity index (χ1) is 13.3. The van der Waals surface area contributed by atoms with Gasteiger partial charge in [0.25, 0.3) is 0 Å². The molecule has 0 aliphatic heterocycles. The molecule has 28 heavy (non-hydrogen) atoms. The SMILES string of the molecule is C[C@H](NS(=O)(=O)c1ccccc1F)C(=O)Nc1ccn(Cc2ccncc2)n1. The number of carbonyl (C=O) groups excluding carboxylic acids is 1. The molecule has 0 aliphatic rings. The fraction of sp³-hybridized carbons (Fsp3) is 0.167. The highest BCUT2D eigenvalue weighted by atomic mass is 32.2. The van der Waals surface area contributed by atoms with E-state index in [-0.39, 0.29) is 5.82 Å². The third-order valence-corrected chi connectivity index (χ3v) is 5.41. The number of aromatic nitrogens is 3. The van der Waals surface area contributed by atoms with E-state index in [0.29, 0.717) is 6.54 Å². The van der Waals surface area contributed by atoms with Crippen molar-refractivity contribution in [1.29, 1.82) is 0 Å². The number of hydrogen-bond donors (Lipinski definition) is 2. The number of pyridine rings is 1. The van der Waals surface area contributed by atoms with Crippen LogP contribution in [0.5, 0.6) is 0 Å². The number of nitrogens with zero attached hydrogens (tertiary/aromatic N) is 3. The monoisotopic (exact) mass is 403 g/mol.